The molecule has 0 spiro atoms. The first-order chi connectivity index (χ1) is 20.4. The van der Waals surface area contributed by atoms with E-state index in [-0.39, 0.29) is 28.8 Å². The lowest BCUT2D eigenvalue weighted by molar-refractivity contribution is -0.137. The summed E-state index contributed by atoms with van der Waals surface area (Å²) in [4.78, 5) is 11.1. The Morgan fingerprint density at radius 2 is 1.62 bits per heavy atom. The average Bonchev–Trinajstić information content (AvgIpc) is 3.57. The molecule has 1 saturated heterocycles. The van der Waals surface area contributed by atoms with Crippen LogP contribution in [0.5, 0.6) is 0 Å². The van der Waals surface area contributed by atoms with Crippen molar-refractivity contribution >= 4 is 26.8 Å². The van der Waals surface area contributed by atoms with Gasteiger partial charge in [0.05, 0.1) is 23.6 Å². The maximum atomic E-state index is 13.7. The van der Waals surface area contributed by atoms with E-state index in [4.69, 9.17) is 9.84 Å². The van der Waals surface area contributed by atoms with E-state index in [2.05, 4.69) is 47.2 Å². The summed E-state index contributed by atoms with van der Waals surface area (Å²) in [5, 5.41) is 10.8. The Labute approximate surface area is 247 Å². The fourth-order valence-electron chi connectivity index (χ4n) is 6.71. The molecule has 6 rings (SSSR count). The average molecular weight is 582 g/mol. The molecule has 1 heterocycles. The number of allylic oxidation sites excluding steroid dienone is 2. The highest BCUT2D eigenvalue weighted by molar-refractivity contribution is 7.89. The summed E-state index contributed by atoms with van der Waals surface area (Å²) in [6.07, 6.45) is 6.66. The van der Waals surface area contributed by atoms with Crippen LogP contribution in [-0.2, 0) is 25.0 Å². The number of hydrogen-bond acceptors (Lipinski definition) is 4. The number of nitrogens with one attached hydrogen (secondary N) is 1. The molecule has 1 saturated carbocycles. The molecule has 1 aliphatic carbocycles. The number of rotatable bonds is 11. The van der Waals surface area contributed by atoms with Crippen LogP contribution in [0.25, 0.3) is 21.9 Å². The van der Waals surface area contributed by atoms with Gasteiger partial charge in [-0.05, 0) is 71.2 Å². The number of aliphatic carboxylic acids is 1. The van der Waals surface area contributed by atoms with Gasteiger partial charge >= 0.3 is 5.97 Å². The number of carboxylic acid groups (broad SMARTS) is 1. The molecule has 4 aromatic carbocycles. The first-order valence-electron chi connectivity index (χ1n) is 14.5. The summed E-state index contributed by atoms with van der Waals surface area (Å²) in [7, 11) is -3.81. The van der Waals surface area contributed by atoms with Crippen LogP contribution >= 0.6 is 0 Å². The SMILES string of the molecule is O=C(O)CCC/C=C\C[C@H]1[C@H](NS(=O)(=O)c2ccc3ccccc3c2)[C@@H]2C[C@@]1(c1ccc(-c3ccccc3)cc1)CO2. The predicted molar refractivity (Wildman–Crippen MR) is 165 cm³/mol. The minimum absolute atomic E-state index is 0.0234. The van der Waals surface area contributed by atoms with Crippen LogP contribution in [0.1, 0.15) is 37.7 Å². The molecule has 7 heteroatoms. The monoisotopic (exact) mass is 581 g/mol. The highest BCUT2D eigenvalue weighted by Gasteiger charge is 2.60. The van der Waals surface area contributed by atoms with Crippen LogP contribution in [0.4, 0.5) is 0 Å². The molecule has 0 unspecified atom stereocenters. The number of ether oxygens (including phenoxy) is 1. The Bertz CT molecular complexity index is 1700. The Hall–Kier alpha value is -3.78. The van der Waals surface area contributed by atoms with Gasteiger partial charge in [-0.25, -0.2) is 13.1 Å². The Morgan fingerprint density at radius 3 is 2.38 bits per heavy atom. The van der Waals surface area contributed by atoms with E-state index in [1.807, 2.05) is 54.6 Å². The van der Waals surface area contributed by atoms with Gasteiger partial charge in [0.25, 0.3) is 0 Å². The highest BCUT2D eigenvalue weighted by Crippen LogP contribution is 2.54. The zero-order valence-electron chi connectivity index (χ0n) is 23.4. The molecule has 1 aliphatic heterocycles. The van der Waals surface area contributed by atoms with E-state index in [0.717, 1.165) is 33.9 Å². The number of carboxylic acids is 1. The molecule has 4 aromatic rings. The smallest absolute Gasteiger partial charge is 0.303 e. The molecule has 216 valence electrons. The molecule has 6 nitrogen and oxygen atoms in total. The number of carbonyl (C=O) groups is 1. The van der Waals surface area contributed by atoms with Gasteiger partial charge in [-0.3, -0.25) is 4.79 Å². The zero-order chi connectivity index (χ0) is 29.2. The van der Waals surface area contributed by atoms with Gasteiger partial charge in [-0.15, -0.1) is 0 Å². The molecular weight excluding hydrogens is 546 g/mol. The third kappa shape index (κ3) is 5.64. The van der Waals surface area contributed by atoms with Crippen LogP contribution in [0, 0.1) is 5.92 Å². The van der Waals surface area contributed by atoms with E-state index >= 15 is 0 Å². The summed E-state index contributed by atoms with van der Waals surface area (Å²) < 4.78 is 36.8. The van der Waals surface area contributed by atoms with Crippen LogP contribution < -0.4 is 4.72 Å². The van der Waals surface area contributed by atoms with Crippen LogP contribution in [0.15, 0.2) is 114 Å². The first kappa shape index (κ1) is 28.3. The number of benzene rings is 4. The van der Waals surface area contributed by atoms with E-state index < -0.39 is 22.0 Å². The van der Waals surface area contributed by atoms with Gasteiger partial charge < -0.3 is 9.84 Å². The summed E-state index contributed by atoms with van der Waals surface area (Å²) >= 11 is 0. The van der Waals surface area contributed by atoms with Gasteiger partial charge in [0, 0.05) is 11.8 Å². The maximum absolute atomic E-state index is 13.7. The van der Waals surface area contributed by atoms with E-state index in [0.29, 0.717) is 25.9 Å². The molecule has 4 atom stereocenters. The van der Waals surface area contributed by atoms with Crippen molar-refractivity contribution in [1.29, 1.82) is 0 Å². The van der Waals surface area contributed by atoms with Gasteiger partial charge in [0.2, 0.25) is 10.0 Å². The van der Waals surface area contributed by atoms with Crippen molar-refractivity contribution in [2.24, 2.45) is 5.92 Å². The Kier molecular flexibility index (Phi) is 7.99. The second-order valence-electron chi connectivity index (χ2n) is 11.4. The van der Waals surface area contributed by atoms with E-state index in [1.54, 1.807) is 12.1 Å². The highest BCUT2D eigenvalue weighted by atomic mass is 32.2. The molecule has 0 amide bonds. The van der Waals surface area contributed by atoms with Crippen LogP contribution in [0.2, 0.25) is 0 Å². The molecule has 2 N–H and O–H groups in total. The summed E-state index contributed by atoms with van der Waals surface area (Å²) in [5.74, 6) is -0.820. The molecule has 2 bridgehead atoms. The van der Waals surface area contributed by atoms with Crippen molar-refractivity contribution in [2.75, 3.05) is 6.61 Å². The number of fused-ring (bicyclic) bond motifs is 3. The lowest BCUT2D eigenvalue weighted by Crippen LogP contribution is -2.51. The predicted octanol–water partition coefficient (Wildman–Crippen LogP) is 6.71. The molecule has 42 heavy (non-hydrogen) atoms. The number of hydrogen-bond donors (Lipinski definition) is 2. The number of unbranched alkanes of at least 4 members (excludes halogenated alkanes) is 1. The molecule has 2 fully saturated rings. The number of sulfonamides is 1. The summed E-state index contributed by atoms with van der Waals surface area (Å²) in [5.41, 5.74) is 3.10. The molecule has 2 aliphatic rings. The van der Waals surface area contributed by atoms with Gasteiger partial charge in [-0.2, -0.15) is 0 Å². The van der Waals surface area contributed by atoms with Crippen molar-refractivity contribution in [3.05, 3.63) is 115 Å². The summed E-state index contributed by atoms with van der Waals surface area (Å²) in [6.45, 7) is 0.536. The normalized spacial score (nSPS) is 23.6. The molecule has 0 aromatic heterocycles. The van der Waals surface area contributed by atoms with Crippen molar-refractivity contribution in [1.82, 2.24) is 4.72 Å². The largest absolute Gasteiger partial charge is 0.481 e. The Balaban J connectivity index is 1.29. The lowest BCUT2D eigenvalue weighted by Gasteiger charge is -2.39. The standard InChI is InChI=1S/C35H35NO5S/c37-33(38)15-7-2-1-6-14-31-34(36-42(39,40)30-21-18-26-12-8-9-13-28(26)22-30)32-23-35(31,24-41-32)29-19-16-27(17-20-29)25-10-4-3-5-11-25/h1,3-6,8-13,16-22,31-32,34,36H,2,7,14-15,23-24H2,(H,37,38)/b6-1-/t31-,32-,34-,35-/m0/s1. The van der Waals surface area contributed by atoms with Gasteiger partial charge in [0.15, 0.2) is 0 Å². The van der Waals surface area contributed by atoms with Gasteiger partial charge in [-0.1, -0.05) is 97.1 Å². The minimum atomic E-state index is -3.81. The first-order valence-corrected chi connectivity index (χ1v) is 16.0. The zero-order valence-corrected chi connectivity index (χ0v) is 24.2. The van der Waals surface area contributed by atoms with E-state index in [1.165, 1.54) is 0 Å². The Morgan fingerprint density at radius 1 is 0.905 bits per heavy atom. The maximum Gasteiger partial charge on any atom is 0.303 e. The van der Waals surface area contributed by atoms with Crippen molar-refractivity contribution in [2.45, 2.75) is 54.6 Å². The van der Waals surface area contributed by atoms with E-state index in [9.17, 15) is 13.2 Å². The van der Waals surface area contributed by atoms with Crippen molar-refractivity contribution in [3.63, 3.8) is 0 Å². The topological polar surface area (TPSA) is 92.7 Å². The second kappa shape index (κ2) is 11.8. The van der Waals surface area contributed by atoms with Gasteiger partial charge in [0.1, 0.15) is 0 Å². The van der Waals surface area contributed by atoms with Crippen molar-refractivity contribution < 1.29 is 23.1 Å². The third-order valence-electron chi connectivity index (χ3n) is 8.87. The summed E-state index contributed by atoms with van der Waals surface area (Å²) in [6, 6.07) is 31.4. The fourth-order valence-corrected chi connectivity index (χ4v) is 8.05. The second-order valence-corrected chi connectivity index (χ2v) is 13.1. The molecule has 0 radical (unpaired) electrons. The fraction of sp³-hybridized carbons (Fsp3) is 0.286. The van der Waals surface area contributed by atoms with Crippen molar-refractivity contribution in [3.8, 4) is 11.1 Å². The minimum Gasteiger partial charge on any atom is -0.481 e. The van der Waals surface area contributed by atoms with Crippen LogP contribution in [0.3, 0.4) is 0 Å². The van der Waals surface area contributed by atoms with Crippen LogP contribution in [-0.4, -0.2) is 38.2 Å². The lowest BCUT2D eigenvalue weighted by atomic mass is 9.70. The molecular formula is C35H35NO5S. The quantitative estimate of drug-likeness (QED) is 0.152. The third-order valence-corrected chi connectivity index (χ3v) is 10.3.